The Morgan fingerprint density at radius 2 is 2.29 bits per heavy atom. The van der Waals surface area contributed by atoms with E-state index >= 15 is 0 Å². The van der Waals surface area contributed by atoms with Gasteiger partial charge in [0.2, 0.25) is 5.28 Å². The van der Waals surface area contributed by atoms with Crippen LogP contribution >= 0.6 is 11.6 Å². The first-order valence-electron chi connectivity index (χ1n) is 4.43. The zero-order valence-corrected chi connectivity index (χ0v) is 10.5. The maximum atomic E-state index is 12.0. The number of rotatable bonds is 4. The SMILES string of the molecule is C#CCN(CC#N)S(=O)(=O)c1cn(C)c(Cl)n1. The van der Waals surface area contributed by atoms with Gasteiger partial charge >= 0.3 is 0 Å². The van der Waals surface area contributed by atoms with Crippen molar-refractivity contribution in [2.24, 2.45) is 7.05 Å². The van der Waals surface area contributed by atoms with E-state index in [-0.39, 0.29) is 23.4 Å². The third-order valence-electron chi connectivity index (χ3n) is 1.92. The van der Waals surface area contributed by atoms with E-state index in [1.807, 2.05) is 0 Å². The minimum Gasteiger partial charge on any atom is -0.323 e. The Labute approximate surface area is 104 Å². The largest absolute Gasteiger partial charge is 0.323 e. The van der Waals surface area contributed by atoms with Crippen LogP contribution in [0.5, 0.6) is 0 Å². The molecule has 0 spiro atoms. The number of nitriles is 1. The summed E-state index contributed by atoms with van der Waals surface area (Å²) in [6.07, 6.45) is 6.31. The number of aromatic nitrogens is 2. The number of nitrogens with zero attached hydrogens (tertiary/aromatic N) is 4. The van der Waals surface area contributed by atoms with Gasteiger partial charge in [-0.05, 0) is 11.6 Å². The predicted octanol–water partition coefficient (Wildman–Crippen LogP) is 0.221. The second kappa shape index (κ2) is 5.19. The van der Waals surface area contributed by atoms with Gasteiger partial charge in [-0.15, -0.1) is 6.42 Å². The van der Waals surface area contributed by atoms with Crippen molar-refractivity contribution >= 4 is 21.6 Å². The molecular weight excluding hydrogens is 264 g/mol. The van der Waals surface area contributed by atoms with Crippen LogP contribution in [0.3, 0.4) is 0 Å². The fraction of sp³-hybridized carbons (Fsp3) is 0.333. The number of imidazole rings is 1. The molecule has 90 valence electrons. The molecule has 0 saturated carbocycles. The number of terminal acetylenes is 1. The number of hydrogen-bond donors (Lipinski definition) is 0. The minimum absolute atomic E-state index is 0.0428. The van der Waals surface area contributed by atoms with Gasteiger partial charge in [0.15, 0.2) is 5.03 Å². The van der Waals surface area contributed by atoms with Crippen molar-refractivity contribution in [3.63, 3.8) is 0 Å². The first-order valence-corrected chi connectivity index (χ1v) is 6.24. The summed E-state index contributed by atoms with van der Waals surface area (Å²) in [5.74, 6) is 2.18. The van der Waals surface area contributed by atoms with Crippen LogP contribution in [0.1, 0.15) is 0 Å². The first-order chi connectivity index (χ1) is 7.93. The van der Waals surface area contributed by atoms with Crippen molar-refractivity contribution in [1.82, 2.24) is 13.9 Å². The third-order valence-corrected chi connectivity index (χ3v) is 3.93. The summed E-state index contributed by atoms with van der Waals surface area (Å²) in [5, 5.41) is 8.37. The van der Waals surface area contributed by atoms with Gasteiger partial charge < -0.3 is 4.57 Å². The Kier molecular flexibility index (Phi) is 4.13. The number of sulfonamides is 1. The molecule has 1 aromatic heterocycles. The maximum absolute atomic E-state index is 12.0. The van der Waals surface area contributed by atoms with Crippen LogP contribution < -0.4 is 0 Å². The van der Waals surface area contributed by atoms with Crippen LogP contribution in [0.25, 0.3) is 0 Å². The molecule has 6 nitrogen and oxygen atoms in total. The van der Waals surface area contributed by atoms with Crippen molar-refractivity contribution < 1.29 is 8.42 Å². The fourth-order valence-corrected chi connectivity index (χ4v) is 2.50. The molecule has 1 heterocycles. The van der Waals surface area contributed by atoms with E-state index in [1.165, 1.54) is 10.8 Å². The lowest BCUT2D eigenvalue weighted by Gasteiger charge is -2.14. The van der Waals surface area contributed by atoms with Crippen LogP contribution in [0.15, 0.2) is 11.2 Å². The number of hydrogen-bond acceptors (Lipinski definition) is 4. The lowest BCUT2D eigenvalue weighted by Crippen LogP contribution is -2.32. The Balaban J connectivity index is 3.18. The second-order valence-electron chi connectivity index (χ2n) is 3.09. The molecule has 1 aromatic rings. The highest BCUT2D eigenvalue weighted by Gasteiger charge is 2.26. The lowest BCUT2D eigenvalue weighted by molar-refractivity contribution is 0.478. The number of halogens is 1. The molecule has 0 amide bonds. The zero-order chi connectivity index (χ0) is 13.1. The number of aryl methyl sites for hydroxylation is 1. The average molecular weight is 273 g/mol. The smallest absolute Gasteiger partial charge is 0.263 e. The molecule has 8 heteroatoms. The minimum atomic E-state index is -3.88. The van der Waals surface area contributed by atoms with Crippen LogP contribution in [-0.4, -0.2) is 35.4 Å². The van der Waals surface area contributed by atoms with Crippen LogP contribution in [0.4, 0.5) is 0 Å². The highest BCUT2D eigenvalue weighted by molar-refractivity contribution is 7.89. The van der Waals surface area contributed by atoms with Gasteiger partial charge in [0, 0.05) is 13.2 Å². The molecule has 0 aliphatic carbocycles. The Morgan fingerprint density at radius 1 is 1.65 bits per heavy atom. The average Bonchev–Trinajstić information content (AvgIpc) is 2.59. The van der Waals surface area contributed by atoms with Crippen molar-refractivity contribution in [3.05, 3.63) is 11.5 Å². The van der Waals surface area contributed by atoms with Gasteiger partial charge in [-0.1, -0.05) is 5.92 Å². The van der Waals surface area contributed by atoms with E-state index in [4.69, 9.17) is 23.3 Å². The molecule has 0 aromatic carbocycles. The Morgan fingerprint density at radius 3 is 2.71 bits per heavy atom. The van der Waals surface area contributed by atoms with Crippen molar-refractivity contribution in [3.8, 4) is 18.4 Å². The van der Waals surface area contributed by atoms with Gasteiger partial charge in [-0.3, -0.25) is 0 Å². The van der Waals surface area contributed by atoms with Gasteiger partial charge in [0.25, 0.3) is 10.0 Å². The molecule has 0 fully saturated rings. The molecule has 0 saturated heterocycles. The molecule has 1 rings (SSSR count). The summed E-state index contributed by atoms with van der Waals surface area (Å²) in [7, 11) is -2.32. The van der Waals surface area contributed by atoms with Crippen molar-refractivity contribution in [1.29, 1.82) is 5.26 Å². The highest BCUT2D eigenvalue weighted by atomic mass is 35.5. The third kappa shape index (κ3) is 2.77. The molecule has 0 N–H and O–H groups in total. The summed E-state index contributed by atoms with van der Waals surface area (Å²) in [4.78, 5) is 3.69. The quantitative estimate of drug-likeness (QED) is 0.580. The van der Waals surface area contributed by atoms with Gasteiger partial charge in [-0.2, -0.15) is 9.57 Å². The summed E-state index contributed by atoms with van der Waals surface area (Å²) in [6, 6.07) is 1.73. The molecule has 0 bridgehead atoms. The summed E-state index contributed by atoms with van der Waals surface area (Å²) in [5.41, 5.74) is 0. The molecule has 0 aliphatic rings. The van der Waals surface area contributed by atoms with Crippen molar-refractivity contribution in [2.75, 3.05) is 13.1 Å². The van der Waals surface area contributed by atoms with E-state index < -0.39 is 10.0 Å². The summed E-state index contributed by atoms with van der Waals surface area (Å²) < 4.78 is 26.3. The van der Waals surface area contributed by atoms with E-state index in [0.29, 0.717) is 0 Å². The molecule has 0 unspecified atom stereocenters. The van der Waals surface area contributed by atoms with Gasteiger partial charge in [0.1, 0.15) is 6.54 Å². The topological polar surface area (TPSA) is 79.0 Å². The summed E-state index contributed by atoms with van der Waals surface area (Å²) >= 11 is 5.66. The zero-order valence-electron chi connectivity index (χ0n) is 8.96. The van der Waals surface area contributed by atoms with Crippen molar-refractivity contribution in [2.45, 2.75) is 5.03 Å². The Bertz CT molecular complexity index is 558. The maximum Gasteiger partial charge on any atom is 0.263 e. The lowest BCUT2D eigenvalue weighted by atomic mass is 10.6. The van der Waals surface area contributed by atoms with Crippen LogP contribution in [0.2, 0.25) is 5.28 Å². The second-order valence-corrected chi connectivity index (χ2v) is 5.32. The molecule has 0 atom stereocenters. The fourth-order valence-electron chi connectivity index (χ4n) is 1.08. The van der Waals surface area contributed by atoms with E-state index in [1.54, 1.807) is 13.1 Å². The Hall–Kier alpha value is -1.54. The van der Waals surface area contributed by atoms with Gasteiger partial charge in [-0.25, -0.2) is 13.4 Å². The summed E-state index contributed by atoms with van der Waals surface area (Å²) in [6.45, 7) is -0.523. The molecule has 0 radical (unpaired) electrons. The van der Waals surface area contributed by atoms with Gasteiger partial charge in [0.05, 0.1) is 12.6 Å². The van der Waals surface area contributed by atoms with Crippen LogP contribution in [-0.2, 0) is 17.1 Å². The molecular formula is C9H9ClN4O2S. The van der Waals surface area contributed by atoms with E-state index in [9.17, 15) is 8.42 Å². The standard InChI is InChI=1S/C9H9ClN4O2S/c1-3-5-14(6-4-11)17(15,16)8-7-13(2)9(10)12-8/h1,7H,5-6H2,2H3. The normalized spacial score (nSPS) is 11.1. The van der Waals surface area contributed by atoms with Crippen LogP contribution in [0, 0.1) is 23.7 Å². The molecule has 0 aliphatic heterocycles. The molecule has 17 heavy (non-hydrogen) atoms. The predicted molar refractivity (Wildman–Crippen MR) is 61.4 cm³/mol. The van der Waals surface area contributed by atoms with E-state index in [0.717, 1.165) is 4.31 Å². The highest BCUT2D eigenvalue weighted by Crippen LogP contribution is 2.16. The first kappa shape index (κ1) is 13.5. The monoisotopic (exact) mass is 272 g/mol. The van der Waals surface area contributed by atoms with E-state index in [2.05, 4.69) is 10.9 Å².